The highest BCUT2D eigenvalue weighted by molar-refractivity contribution is 7.02. The molecule has 0 aromatic heterocycles. The van der Waals surface area contributed by atoms with Crippen LogP contribution in [-0.4, -0.2) is 13.4 Å². The molecule has 4 heterocycles. The first-order valence-electron chi connectivity index (χ1n) is 43.4. The number of fused-ring (bicyclic) bond motifs is 8. The lowest BCUT2D eigenvalue weighted by atomic mass is 9.30. The summed E-state index contributed by atoms with van der Waals surface area (Å²) >= 11 is 0. The third-order valence-electron chi connectivity index (χ3n) is 27.1. The van der Waals surface area contributed by atoms with Crippen LogP contribution in [0.5, 0.6) is 11.5 Å². The summed E-state index contributed by atoms with van der Waals surface area (Å²) in [5.74, 6) is 1.61. The molecule has 4 aliphatic heterocycles. The molecule has 0 saturated heterocycles. The number of benzene rings is 17. The van der Waals surface area contributed by atoms with Gasteiger partial charge in [0, 0.05) is 74.7 Å². The molecule has 21 rings (SSSR count). The van der Waals surface area contributed by atoms with Gasteiger partial charge in [-0.2, -0.15) is 0 Å². The van der Waals surface area contributed by atoms with Crippen LogP contribution in [0.2, 0.25) is 0 Å². The SMILES string of the molecule is Cc1cccc(C)c1-c1ccc(N(c2ccc(-c3c(C)cccc3C)cc2)c2cc3c4c(c2)N(c2ccc(-c5c(C)cccc5C)cc2)c2ccc(-c5c(C)cccc5C)cc2B4c2cc4c(cc2O3)N(c2ccccc2)c2cc(-c3c(C)cccc3C)cc3c2B4c2cc(-c4c(C)cccc4C)ccc2N3c2ccc(-c3c(C)cccc3C)cc2)cc1. The smallest absolute Gasteiger partial charge is 0.256 e. The second-order valence-corrected chi connectivity index (χ2v) is 35.0. The Kier molecular flexibility index (Phi) is 18.6. The molecule has 7 heteroatoms. The van der Waals surface area contributed by atoms with E-state index in [4.69, 9.17) is 4.74 Å². The van der Waals surface area contributed by atoms with Crippen LogP contribution in [0.4, 0.5) is 68.2 Å². The summed E-state index contributed by atoms with van der Waals surface area (Å²) in [4.78, 5) is 10.2. The van der Waals surface area contributed by atoms with Gasteiger partial charge in [-0.05, 0) is 376 Å². The summed E-state index contributed by atoms with van der Waals surface area (Å²) in [5.41, 5.74) is 54.5. The van der Waals surface area contributed by atoms with E-state index in [1.165, 1.54) is 172 Å². The molecule has 17 aromatic carbocycles. The Balaban J connectivity index is 0.854. The van der Waals surface area contributed by atoms with E-state index in [2.05, 4.69) is 444 Å². The van der Waals surface area contributed by atoms with Crippen molar-refractivity contribution in [1.82, 2.24) is 0 Å². The fraction of sp³-hybridized carbons (Fsp3) is 0.121. The molecule has 0 spiro atoms. The van der Waals surface area contributed by atoms with E-state index in [-0.39, 0.29) is 13.4 Å². The van der Waals surface area contributed by atoms with Gasteiger partial charge in [0.1, 0.15) is 11.5 Å². The van der Waals surface area contributed by atoms with Gasteiger partial charge in [0.15, 0.2) is 0 Å². The number of anilines is 12. The number of hydrogen-bond donors (Lipinski definition) is 0. The van der Waals surface area contributed by atoms with Crippen molar-refractivity contribution in [2.45, 2.75) is 96.9 Å². The van der Waals surface area contributed by atoms with E-state index in [1.54, 1.807) is 0 Å². The molecule has 5 nitrogen and oxygen atoms in total. The highest BCUT2D eigenvalue weighted by Crippen LogP contribution is 2.53. The zero-order chi connectivity index (χ0) is 84.1. The van der Waals surface area contributed by atoms with E-state index in [9.17, 15) is 0 Å². The van der Waals surface area contributed by atoms with E-state index < -0.39 is 0 Å². The third kappa shape index (κ3) is 12.6. The van der Waals surface area contributed by atoms with E-state index in [1.807, 2.05) is 0 Å². The van der Waals surface area contributed by atoms with Crippen LogP contribution < -0.4 is 57.1 Å². The first kappa shape index (κ1) is 76.3. The van der Waals surface area contributed by atoms with E-state index >= 15 is 0 Å². The first-order valence-corrected chi connectivity index (χ1v) is 43.4. The van der Waals surface area contributed by atoms with Crippen LogP contribution in [0.25, 0.3) is 77.9 Å². The minimum absolute atomic E-state index is 0.276. The molecule has 0 N–H and O–H groups in total. The van der Waals surface area contributed by atoms with Crippen molar-refractivity contribution in [3.05, 3.63) is 405 Å². The van der Waals surface area contributed by atoms with Crippen molar-refractivity contribution >= 4 is 114 Å². The molecule has 0 atom stereocenters. The Morgan fingerprint density at radius 3 is 0.854 bits per heavy atom. The van der Waals surface area contributed by atoms with Crippen molar-refractivity contribution in [2.75, 3.05) is 19.6 Å². The van der Waals surface area contributed by atoms with Crippen molar-refractivity contribution in [3.63, 3.8) is 0 Å². The molecule has 0 bridgehead atoms. The van der Waals surface area contributed by atoms with Crippen LogP contribution in [0.15, 0.2) is 328 Å². The molecular weight excluding hydrogens is 1490 g/mol. The number of nitrogens with zero attached hydrogens (tertiary/aromatic N) is 4. The van der Waals surface area contributed by atoms with E-state index in [0.717, 1.165) is 96.2 Å². The number of para-hydroxylation sites is 1. The van der Waals surface area contributed by atoms with Crippen molar-refractivity contribution < 1.29 is 4.74 Å². The quantitative estimate of drug-likeness (QED) is 0.107. The van der Waals surface area contributed by atoms with Crippen LogP contribution in [0, 0.1) is 96.9 Å². The fourth-order valence-electron chi connectivity index (χ4n) is 21.7. The topological polar surface area (TPSA) is 22.2 Å². The van der Waals surface area contributed by atoms with Crippen molar-refractivity contribution in [2.24, 2.45) is 0 Å². The predicted octanol–water partition coefficient (Wildman–Crippen LogP) is 27.6. The molecule has 0 radical (unpaired) electrons. The summed E-state index contributed by atoms with van der Waals surface area (Å²) in [5, 5.41) is 0. The van der Waals surface area contributed by atoms with Gasteiger partial charge in [-0.1, -0.05) is 224 Å². The summed E-state index contributed by atoms with van der Waals surface area (Å²) in [6, 6.07) is 125. The largest absolute Gasteiger partial charge is 0.458 e. The minimum Gasteiger partial charge on any atom is -0.458 e. The van der Waals surface area contributed by atoms with Crippen LogP contribution in [-0.2, 0) is 0 Å². The maximum atomic E-state index is 8.23. The van der Waals surface area contributed by atoms with Gasteiger partial charge in [0.25, 0.3) is 13.4 Å². The van der Waals surface area contributed by atoms with Crippen molar-refractivity contribution in [1.29, 1.82) is 0 Å². The highest BCUT2D eigenvalue weighted by Gasteiger charge is 2.49. The average molecular weight is 1580 g/mol. The molecule has 0 aliphatic carbocycles. The average Bonchev–Trinajstić information content (AvgIpc) is 0.683. The number of hydrogen-bond acceptors (Lipinski definition) is 5. The Bertz CT molecular complexity index is 6970. The number of ether oxygens (including phenoxy) is 1. The van der Waals surface area contributed by atoms with Gasteiger partial charge in [-0.3, -0.25) is 0 Å². The third-order valence-corrected chi connectivity index (χ3v) is 27.1. The highest BCUT2D eigenvalue weighted by atomic mass is 16.5. The zero-order valence-electron chi connectivity index (χ0n) is 72.5. The molecule has 0 unspecified atom stereocenters. The lowest BCUT2D eigenvalue weighted by Gasteiger charge is -2.46. The summed E-state index contributed by atoms with van der Waals surface area (Å²) < 4.78 is 8.23. The molecule has 17 aromatic rings. The maximum absolute atomic E-state index is 8.23. The first-order chi connectivity index (χ1) is 59.8. The maximum Gasteiger partial charge on any atom is 0.256 e. The second kappa shape index (κ2) is 29.9. The number of aryl methyl sites for hydroxylation is 14. The fourth-order valence-corrected chi connectivity index (χ4v) is 21.7. The lowest BCUT2D eigenvalue weighted by molar-refractivity contribution is 0.488. The zero-order valence-corrected chi connectivity index (χ0v) is 72.5. The Morgan fingerprint density at radius 2 is 0.488 bits per heavy atom. The second-order valence-electron chi connectivity index (χ2n) is 35.0. The lowest BCUT2D eigenvalue weighted by Crippen LogP contribution is -2.64. The predicted molar refractivity (Wildman–Crippen MR) is 525 cm³/mol. The number of rotatable bonds is 13. The molecule has 123 heavy (non-hydrogen) atoms. The van der Waals surface area contributed by atoms with Gasteiger partial charge in [0.2, 0.25) is 0 Å². The summed E-state index contributed by atoms with van der Waals surface area (Å²) in [6.07, 6.45) is 0. The summed E-state index contributed by atoms with van der Waals surface area (Å²) in [6.45, 7) is 30.8. The molecular formula is C116H96B2N4O. The molecule has 0 amide bonds. The Hall–Kier alpha value is -14.1. The molecule has 0 saturated carbocycles. The van der Waals surface area contributed by atoms with Crippen LogP contribution >= 0.6 is 0 Å². The van der Waals surface area contributed by atoms with Gasteiger partial charge < -0.3 is 24.3 Å². The van der Waals surface area contributed by atoms with Gasteiger partial charge in [-0.25, -0.2) is 0 Å². The summed E-state index contributed by atoms with van der Waals surface area (Å²) in [7, 11) is 0. The van der Waals surface area contributed by atoms with Crippen LogP contribution in [0.3, 0.4) is 0 Å². The molecule has 4 aliphatic rings. The Labute approximate surface area is 725 Å². The normalized spacial score (nSPS) is 12.6. The van der Waals surface area contributed by atoms with Gasteiger partial charge in [-0.15, -0.1) is 0 Å². The Morgan fingerprint density at radius 1 is 0.195 bits per heavy atom. The monoisotopic (exact) mass is 1580 g/mol. The standard InChI is InChI=1S/C116H96B2N4O/c1-69-25-18-26-70(2)108(69)83-41-51-91(52-42-83)119(92-53-43-84(44-54-92)109-71(3)27-19-28-72(109)4)95-65-105-116-107(66-95)123-106-68-102-98(67-99(106)118(116)97-62-88(113-79(11)35-23-36-80(113)12)50-60-101(97)121(105)94-57-47-86(48-58-94)111-75(7)31-21-32-76(111)8)117-96-61-87(112-77(9)33-22-34-78(112)10)49-59-100(96)120(93-55-45-85(46-56-93)110-73(5)29-20-30-74(110)6)103-63-89(114-81(13)37-24-38-82(114)14)64-104(115(103)117)122(102)90-39-16-15-17-40-90/h15-68H,1-14H3. The van der Waals surface area contributed by atoms with Gasteiger partial charge in [0.05, 0.1) is 5.69 Å². The van der Waals surface area contributed by atoms with Crippen LogP contribution in [0.1, 0.15) is 77.9 Å². The van der Waals surface area contributed by atoms with E-state index in [0.29, 0.717) is 0 Å². The van der Waals surface area contributed by atoms with Gasteiger partial charge >= 0.3 is 0 Å². The minimum atomic E-state index is -0.336. The molecule has 592 valence electrons. The van der Waals surface area contributed by atoms with Crippen molar-refractivity contribution in [3.8, 4) is 89.4 Å². The molecule has 0 fully saturated rings.